The molecule has 0 aromatic carbocycles. The Hall–Kier alpha value is -1.54. The standard InChI is InChI=1S/C9H12N4O3S/c1-12-6-5(7(15)13(2)9(12)16)10-8(11-6)17-4-3-14/h14H,3-4H2,1-2H3,(H,10,11). The number of hydrogen-bond acceptors (Lipinski definition) is 5. The fourth-order valence-corrected chi connectivity index (χ4v) is 2.13. The quantitative estimate of drug-likeness (QED) is 0.690. The third kappa shape index (κ3) is 1.89. The van der Waals surface area contributed by atoms with Gasteiger partial charge >= 0.3 is 5.69 Å². The second kappa shape index (κ2) is 4.38. The molecule has 0 fully saturated rings. The van der Waals surface area contributed by atoms with Gasteiger partial charge in [0.05, 0.1) is 6.61 Å². The highest BCUT2D eigenvalue weighted by atomic mass is 32.2. The summed E-state index contributed by atoms with van der Waals surface area (Å²) in [4.78, 5) is 30.5. The zero-order chi connectivity index (χ0) is 12.6. The van der Waals surface area contributed by atoms with Crippen LogP contribution in [0.3, 0.4) is 0 Å². The maximum absolute atomic E-state index is 11.8. The van der Waals surface area contributed by atoms with Gasteiger partial charge in [-0.15, -0.1) is 0 Å². The molecule has 0 aliphatic rings. The van der Waals surface area contributed by atoms with E-state index in [4.69, 9.17) is 5.11 Å². The molecule has 2 aromatic rings. The van der Waals surface area contributed by atoms with E-state index in [-0.39, 0.29) is 6.61 Å². The molecule has 0 aliphatic heterocycles. The molecular formula is C9H12N4O3S. The molecule has 2 rings (SSSR count). The Morgan fingerprint density at radius 2 is 2.06 bits per heavy atom. The van der Waals surface area contributed by atoms with E-state index in [2.05, 4.69) is 9.97 Å². The van der Waals surface area contributed by atoms with Crippen molar-refractivity contribution in [1.29, 1.82) is 0 Å². The van der Waals surface area contributed by atoms with E-state index in [1.807, 2.05) is 0 Å². The predicted molar refractivity (Wildman–Crippen MR) is 64.4 cm³/mol. The van der Waals surface area contributed by atoms with Crippen LogP contribution in [0, 0.1) is 0 Å². The normalized spacial score (nSPS) is 11.2. The third-order valence-electron chi connectivity index (χ3n) is 2.40. The van der Waals surface area contributed by atoms with Crippen molar-refractivity contribution in [3.8, 4) is 0 Å². The summed E-state index contributed by atoms with van der Waals surface area (Å²) < 4.78 is 2.34. The van der Waals surface area contributed by atoms with E-state index in [0.29, 0.717) is 22.1 Å². The lowest BCUT2D eigenvalue weighted by atomic mass is 10.5. The van der Waals surface area contributed by atoms with Gasteiger partial charge in [0.1, 0.15) is 0 Å². The lowest BCUT2D eigenvalue weighted by Crippen LogP contribution is -2.36. The number of fused-ring (bicyclic) bond motifs is 1. The molecule has 0 radical (unpaired) electrons. The number of aliphatic hydroxyl groups is 1. The molecule has 0 amide bonds. The first-order valence-corrected chi connectivity index (χ1v) is 5.94. The number of hydrogen-bond donors (Lipinski definition) is 2. The summed E-state index contributed by atoms with van der Waals surface area (Å²) in [5.74, 6) is 0.480. The van der Waals surface area contributed by atoms with E-state index in [1.165, 1.54) is 23.4 Å². The summed E-state index contributed by atoms with van der Waals surface area (Å²) in [5.41, 5.74) is -0.173. The minimum atomic E-state index is -0.410. The van der Waals surface area contributed by atoms with Gasteiger partial charge in [-0.1, -0.05) is 11.8 Å². The van der Waals surface area contributed by atoms with Crippen LogP contribution in [-0.2, 0) is 14.1 Å². The number of nitrogens with one attached hydrogen (secondary N) is 1. The molecule has 2 N–H and O–H groups in total. The number of aryl methyl sites for hydroxylation is 1. The number of H-pyrrole nitrogens is 1. The Morgan fingerprint density at radius 3 is 2.71 bits per heavy atom. The number of aromatic nitrogens is 4. The largest absolute Gasteiger partial charge is 0.396 e. The van der Waals surface area contributed by atoms with Crippen molar-refractivity contribution in [2.45, 2.75) is 5.16 Å². The van der Waals surface area contributed by atoms with Crippen LogP contribution in [0.2, 0.25) is 0 Å². The van der Waals surface area contributed by atoms with Crippen molar-refractivity contribution in [3.05, 3.63) is 20.8 Å². The molecule has 7 nitrogen and oxygen atoms in total. The summed E-state index contributed by atoms with van der Waals surface area (Å²) in [5, 5.41) is 9.24. The van der Waals surface area contributed by atoms with E-state index < -0.39 is 11.2 Å². The number of aliphatic hydroxyl groups excluding tert-OH is 1. The van der Waals surface area contributed by atoms with Crippen LogP contribution in [-0.4, -0.2) is 36.6 Å². The minimum Gasteiger partial charge on any atom is -0.396 e. The summed E-state index contributed by atoms with van der Waals surface area (Å²) in [6.07, 6.45) is 0. The van der Waals surface area contributed by atoms with Gasteiger partial charge in [0.2, 0.25) is 0 Å². The third-order valence-corrected chi connectivity index (χ3v) is 3.26. The lowest BCUT2D eigenvalue weighted by molar-refractivity contribution is 0.322. The van der Waals surface area contributed by atoms with Gasteiger partial charge in [-0.2, -0.15) is 0 Å². The minimum absolute atomic E-state index is 0.0264. The molecule has 0 atom stereocenters. The second-order valence-corrected chi connectivity index (χ2v) is 4.60. The monoisotopic (exact) mass is 256 g/mol. The average molecular weight is 256 g/mol. The molecule has 0 spiro atoms. The summed E-state index contributed by atoms with van der Waals surface area (Å²) >= 11 is 1.30. The van der Waals surface area contributed by atoms with Gasteiger partial charge in [-0.25, -0.2) is 9.78 Å². The molecule has 0 aliphatic carbocycles. The zero-order valence-electron chi connectivity index (χ0n) is 9.43. The highest BCUT2D eigenvalue weighted by Crippen LogP contribution is 2.15. The van der Waals surface area contributed by atoms with Gasteiger partial charge in [-0.05, 0) is 0 Å². The molecule has 0 bridgehead atoms. The molecular weight excluding hydrogens is 244 g/mol. The van der Waals surface area contributed by atoms with Crippen LogP contribution in [0.15, 0.2) is 14.7 Å². The van der Waals surface area contributed by atoms with Crippen LogP contribution < -0.4 is 11.2 Å². The van der Waals surface area contributed by atoms with Gasteiger partial charge in [0.25, 0.3) is 5.56 Å². The second-order valence-electron chi connectivity index (χ2n) is 3.52. The first kappa shape index (κ1) is 11.9. The molecule has 2 heterocycles. The van der Waals surface area contributed by atoms with E-state index in [1.54, 1.807) is 7.05 Å². The number of thioether (sulfide) groups is 1. The Labute approximate surface area is 100 Å². The predicted octanol–water partition coefficient (Wildman–Crippen LogP) is -0.955. The average Bonchev–Trinajstić information content (AvgIpc) is 2.75. The fourth-order valence-electron chi connectivity index (χ4n) is 1.52. The fraction of sp³-hybridized carbons (Fsp3) is 0.444. The molecule has 0 unspecified atom stereocenters. The van der Waals surface area contributed by atoms with Crippen molar-refractivity contribution in [1.82, 2.24) is 19.1 Å². The summed E-state index contributed by atoms with van der Waals surface area (Å²) in [6.45, 7) is 0.0264. The van der Waals surface area contributed by atoms with Crippen molar-refractivity contribution in [2.24, 2.45) is 14.1 Å². The Kier molecular flexibility index (Phi) is 3.07. The van der Waals surface area contributed by atoms with Gasteiger partial charge in [-0.3, -0.25) is 13.9 Å². The van der Waals surface area contributed by atoms with Crippen molar-refractivity contribution in [2.75, 3.05) is 12.4 Å². The molecule has 8 heteroatoms. The maximum atomic E-state index is 11.8. The van der Waals surface area contributed by atoms with Crippen LogP contribution in [0.4, 0.5) is 0 Å². The topological polar surface area (TPSA) is 92.9 Å². The molecule has 2 aromatic heterocycles. The zero-order valence-corrected chi connectivity index (χ0v) is 10.2. The molecule has 92 valence electrons. The van der Waals surface area contributed by atoms with Gasteiger partial charge in [0.15, 0.2) is 16.3 Å². The van der Waals surface area contributed by atoms with Crippen LogP contribution in [0.1, 0.15) is 0 Å². The molecule has 0 saturated heterocycles. The first-order chi connectivity index (χ1) is 8.06. The van der Waals surface area contributed by atoms with Crippen LogP contribution >= 0.6 is 11.8 Å². The lowest BCUT2D eigenvalue weighted by Gasteiger charge is -2.00. The Bertz CT molecular complexity index is 669. The smallest absolute Gasteiger partial charge is 0.332 e. The van der Waals surface area contributed by atoms with Crippen molar-refractivity contribution in [3.63, 3.8) is 0 Å². The number of imidazole rings is 1. The number of aromatic amines is 1. The van der Waals surface area contributed by atoms with Gasteiger partial charge in [0, 0.05) is 19.8 Å². The maximum Gasteiger partial charge on any atom is 0.332 e. The van der Waals surface area contributed by atoms with E-state index in [9.17, 15) is 9.59 Å². The molecule has 0 saturated carbocycles. The SMILES string of the molecule is Cn1c(=O)c2[nH]c(SCCO)nc2n(C)c1=O. The van der Waals surface area contributed by atoms with E-state index in [0.717, 1.165) is 4.57 Å². The number of nitrogens with zero attached hydrogens (tertiary/aromatic N) is 3. The van der Waals surface area contributed by atoms with Crippen molar-refractivity contribution < 1.29 is 5.11 Å². The van der Waals surface area contributed by atoms with Crippen LogP contribution in [0.25, 0.3) is 11.2 Å². The first-order valence-electron chi connectivity index (χ1n) is 4.95. The molecule has 17 heavy (non-hydrogen) atoms. The highest BCUT2D eigenvalue weighted by Gasteiger charge is 2.13. The number of rotatable bonds is 3. The summed E-state index contributed by atoms with van der Waals surface area (Å²) in [7, 11) is 2.98. The van der Waals surface area contributed by atoms with Crippen molar-refractivity contribution >= 4 is 22.9 Å². The highest BCUT2D eigenvalue weighted by molar-refractivity contribution is 7.99. The van der Waals surface area contributed by atoms with E-state index >= 15 is 0 Å². The Balaban J connectivity index is 2.69. The van der Waals surface area contributed by atoms with Crippen LogP contribution in [0.5, 0.6) is 0 Å². The van der Waals surface area contributed by atoms with Gasteiger partial charge < -0.3 is 10.1 Å². The summed E-state index contributed by atoms with van der Waals surface area (Å²) in [6, 6.07) is 0. The Morgan fingerprint density at radius 1 is 1.35 bits per heavy atom.